The van der Waals surface area contributed by atoms with Crippen molar-refractivity contribution >= 4 is 24.8 Å². The fourth-order valence-electron chi connectivity index (χ4n) is 2.96. The van der Waals surface area contributed by atoms with Gasteiger partial charge in [-0.05, 0) is 18.6 Å². The van der Waals surface area contributed by atoms with Crippen molar-refractivity contribution in [3.05, 3.63) is 29.3 Å². The minimum absolute atomic E-state index is 0. The number of alkyl halides is 3. The number of ether oxygens (including phenoxy) is 1. The highest BCUT2D eigenvalue weighted by atomic mass is 35.5. The summed E-state index contributed by atoms with van der Waals surface area (Å²) >= 11 is 0. The summed E-state index contributed by atoms with van der Waals surface area (Å²) in [6.45, 7) is 5.70. The number of halogens is 5. The second-order valence-corrected chi connectivity index (χ2v) is 5.54. The van der Waals surface area contributed by atoms with E-state index in [1.807, 2.05) is 0 Å². The van der Waals surface area contributed by atoms with Gasteiger partial charge in [0.1, 0.15) is 5.75 Å². The van der Waals surface area contributed by atoms with Crippen LogP contribution in [0, 0.1) is 0 Å². The molecule has 1 fully saturated rings. The first kappa shape index (κ1) is 23.3. The lowest BCUT2D eigenvalue weighted by Gasteiger charge is -2.36. The zero-order chi connectivity index (χ0) is 16.2. The average molecular weight is 389 g/mol. The number of piperazine rings is 1. The molecular weight excluding hydrogens is 364 g/mol. The van der Waals surface area contributed by atoms with E-state index in [2.05, 4.69) is 17.1 Å². The molecule has 24 heavy (non-hydrogen) atoms. The van der Waals surface area contributed by atoms with Gasteiger partial charge in [-0.3, -0.25) is 4.90 Å². The molecule has 1 atom stereocenters. The molecule has 1 aliphatic rings. The molecule has 1 saturated heterocycles. The van der Waals surface area contributed by atoms with Crippen molar-refractivity contribution in [1.29, 1.82) is 0 Å². The van der Waals surface area contributed by atoms with Crippen LogP contribution in [0.15, 0.2) is 18.2 Å². The molecule has 0 saturated carbocycles. The smallest absolute Gasteiger partial charge is 0.416 e. The van der Waals surface area contributed by atoms with Crippen LogP contribution in [0.3, 0.4) is 0 Å². The Bertz CT molecular complexity index is 495. The van der Waals surface area contributed by atoms with Gasteiger partial charge in [0.2, 0.25) is 0 Å². The largest absolute Gasteiger partial charge is 0.496 e. The molecule has 0 amide bonds. The second kappa shape index (κ2) is 10.3. The topological polar surface area (TPSA) is 24.5 Å². The Hall–Kier alpha value is -0.690. The molecule has 3 nitrogen and oxygen atoms in total. The first-order chi connectivity index (χ1) is 10.5. The lowest BCUT2D eigenvalue weighted by atomic mass is 9.97. The molecule has 0 spiro atoms. The summed E-state index contributed by atoms with van der Waals surface area (Å²) in [5.41, 5.74) is 0.183. The van der Waals surface area contributed by atoms with Gasteiger partial charge in [-0.2, -0.15) is 13.2 Å². The Labute approximate surface area is 153 Å². The number of hydrogen-bond donors (Lipinski definition) is 1. The SMILES string of the molecule is CCC[C@@H](c1ccc(C(F)(F)F)cc1OC)N1CCNCC1.Cl.Cl. The van der Waals surface area contributed by atoms with E-state index in [1.54, 1.807) is 6.07 Å². The van der Waals surface area contributed by atoms with Crippen molar-refractivity contribution in [2.24, 2.45) is 0 Å². The lowest BCUT2D eigenvalue weighted by molar-refractivity contribution is -0.137. The maximum Gasteiger partial charge on any atom is 0.416 e. The molecule has 1 aliphatic heterocycles. The van der Waals surface area contributed by atoms with Crippen LogP contribution >= 0.6 is 24.8 Å². The lowest BCUT2D eigenvalue weighted by Crippen LogP contribution is -2.45. The van der Waals surface area contributed by atoms with E-state index < -0.39 is 11.7 Å². The van der Waals surface area contributed by atoms with E-state index in [1.165, 1.54) is 7.11 Å². The van der Waals surface area contributed by atoms with Gasteiger partial charge in [0.25, 0.3) is 0 Å². The quantitative estimate of drug-likeness (QED) is 0.813. The van der Waals surface area contributed by atoms with Gasteiger partial charge in [0.15, 0.2) is 0 Å². The maximum atomic E-state index is 12.9. The number of methoxy groups -OCH3 is 1. The van der Waals surface area contributed by atoms with Gasteiger partial charge in [-0.15, -0.1) is 24.8 Å². The maximum absolute atomic E-state index is 12.9. The van der Waals surface area contributed by atoms with Gasteiger partial charge < -0.3 is 10.1 Å². The van der Waals surface area contributed by atoms with Gasteiger partial charge >= 0.3 is 6.18 Å². The van der Waals surface area contributed by atoms with Crippen LogP contribution in [0.1, 0.15) is 36.9 Å². The van der Waals surface area contributed by atoms with Gasteiger partial charge in [0, 0.05) is 37.8 Å². The third-order valence-electron chi connectivity index (χ3n) is 4.07. The number of nitrogens with one attached hydrogen (secondary N) is 1. The predicted molar refractivity (Wildman–Crippen MR) is 94.6 cm³/mol. The zero-order valence-corrected chi connectivity index (χ0v) is 15.5. The van der Waals surface area contributed by atoms with E-state index in [0.29, 0.717) is 5.75 Å². The first-order valence-corrected chi connectivity index (χ1v) is 7.67. The van der Waals surface area contributed by atoms with Crippen molar-refractivity contribution in [3.8, 4) is 5.75 Å². The summed E-state index contributed by atoms with van der Waals surface area (Å²) in [7, 11) is 1.43. The Kier molecular flexibility index (Phi) is 10.0. The van der Waals surface area contributed by atoms with E-state index in [4.69, 9.17) is 4.74 Å². The van der Waals surface area contributed by atoms with Crippen molar-refractivity contribution in [2.75, 3.05) is 33.3 Å². The monoisotopic (exact) mass is 388 g/mol. The summed E-state index contributed by atoms with van der Waals surface area (Å²) in [5.74, 6) is 0.326. The molecule has 140 valence electrons. The molecule has 1 N–H and O–H groups in total. The van der Waals surface area contributed by atoms with E-state index in [0.717, 1.165) is 56.7 Å². The van der Waals surface area contributed by atoms with Crippen LogP contribution in [0.25, 0.3) is 0 Å². The minimum Gasteiger partial charge on any atom is -0.496 e. The molecule has 1 aromatic rings. The minimum atomic E-state index is -4.35. The standard InChI is InChI=1S/C16H23F3N2O.2ClH/c1-3-4-14(21-9-7-20-8-10-21)13-6-5-12(16(17,18)19)11-15(13)22-2;;/h5-6,11,14,20H,3-4,7-10H2,1-2H3;2*1H/t14-;;/m0../s1. The molecule has 0 unspecified atom stereocenters. The molecule has 0 bridgehead atoms. The van der Waals surface area contributed by atoms with Gasteiger partial charge in [-0.1, -0.05) is 19.4 Å². The third kappa shape index (κ3) is 5.69. The summed E-state index contributed by atoms with van der Waals surface area (Å²) < 4.78 is 43.9. The molecule has 1 aromatic carbocycles. The average Bonchev–Trinajstić information content (AvgIpc) is 2.52. The number of nitrogens with zero attached hydrogens (tertiary/aromatic N) is 1. The second-order valence-electron chi connectivity index (χ2n) is 5.54. The Balaban J connectivity index is 0.00000264. The Morgan fingerprint density at radius 1 is 1.21 bits per heavy atom. The van der Waals surface area contributed by atoms with Crippen LogP contribution in [-0.4, -0.2) is 38.2 Å². The molecular formula is C16H25Cl2F3N2O. The van der Waals surface area contributed by atoms with Gasteiger partial charge in [0.05, 0.1) is 12.7 Å². The number of hydrogen-bond acceptors (Lipinski definition) is 3. The third-order valence-corrected chi connectivity index (χ3v) is 4.07. The van der Waals surface area contributed by atoms with E-state index >= 15 is 0 Å². The summed E-state index contributed by atoms with van der Waals surface area (Å²) in [6, 6.07) is 3.94. The normalized spacial score (nSPS) is 16.7. The van der Waals surface area contributed by atoms with E-state index in [9.17, 15) is 13.2 Å². The Morgan fingerprint density at radius 2 is 1.83 bits per heavy atom. The Morgan fingerprint density at radius 3 is 2.33 bits per heavy atom. The van der Waals surface area contributed by atoms with Crippen molar-refractivity contribution in [1.82, 2.24) is 10.2 Å². The first-order valence-electron chi connectivity index (χ1n) is 7.67. The van der Waals surface area contributed by atoms with Crippen molar-refractivity contribution in [3.63, 3.8) is 0 Å². The fraction of sp³-hybridized carbons (Fsp3) is 0.625. The zero-order valence-electron chi connectivity index (χ0n) is 13.9. The van der Waals surface area contributed by atoms with Crippen LogP contribution in [0.2, 0.25) is 0 Å². The highest BCUT2D eigenvalue weighted by Gasteiger charge is 2.32. The van der Waals surface area contributed by atoms with Crippen LogP contribution in [0.5, 0.6) is 5.75 Å². The molecule has 8 heteroatoms. The highest BCUT2D eigenvalue weighted by Crippen LogP contribution is 2.38. The summed E-state index contributed by atoms with van der Waals surface area (Å²) in [5, 5.41) is 3.30. The highest BCUT2D eigenvalue weighted by molar-refractivity contribution is 5.85. The van der Waals surface area contributed by atoms with Crippen LogP contribution < -0.4 is 10.1 Å². The van der Waals surface area contributed by atoms with Crippen molar-refractivity contribution in [2.45, 2.75) is 32.0 Å². The predicted octanol–water partition coefficient (Wildman–Crippen LogP) is 4.30. The van der Waals surface area contributed by atoms with Crippen LogP contribution in [0.4, 0.5) is 13.2 Å². The molecule has 0 radical (unpaired) electrons. The summed E-state index contributed by atoms with van der Waals surface area (Å²) in [6.07, 6.45) is -2.47. The summed E-state index contributed by atoms with van der Waals surface area (Å²) in [4.78, 5) is 2.32. The van der Waals surface area contributed by atoms with Crippen molar-refractivity contribution < 1.29 is 17.9 Å². The number of benzene rings is 1. The van der Waals surface area contributed by atoms with E-state index in [-0.39, 0.29) is 30.9 Å². The molecule has 0 aliphatic carbocycles. The fourth-order valence-corrected chi connectivity index (χ4v) is 2.96. The van der Waals surface area contributed by atoms with Crippen LogP contribution in [-0.2, 0) is 6.18 Å². The molecule has 0 aromatic heterocycles. The molecule has 1 heterocycles. The van der Waals surface area contributed by atoms with Gasteiger partial charge in [-0.25, -0.2) is 0 Å². The number of rotatable bonds is 5. The molecule has 2 rings (SSSR count).